The third-order valence-corrected chi connectivity index (χ3v) is 5.48. The van der Waals surface area contributed by atoms with Gasteiger partial charge in [0.15, 0.2) is 0 Å². The highest BCUT2D eigenvalue weighted by atomic mass is 16.2. The number of imide groups is 1. The fraction of sp³-hybridized carbons (Fsp3) is 0.348. The maximum Gasteiger partial charge on any atom is 0.325 e. The number of nitrogens with one attached hydrogen (secondary N) is 2. The molecule has 0 aliphatic carbocycles. The second-order valence-corrected chi connectivity index (χ2v) is 8.04. The molecular formula is C23H27N3O3. The Morgan fingerprint density at radius 2 is 1.66 bits per heavy atom. The number of rotatable bonds is 5. The van der Waals surface area contributed by atoms with Crippen molar-refractivity contribution in [3.05, 3.63) is 64.7 Å². The lowest BCUT2D eigenvalue weighted by Crippen LogP contribution is -2.42. The van der Waals surface area contributed by atoms with Crippen LogP contribution < -0.4 is 10.6 Å². The summed E-state index contributed by atoms with van der Waals surface area (Å²) in [6.45, 7) is 9.31. The van der Waals surface area contributed by atoms with Crippen LogP contribution in [-0.2, 0) is 15.1 Å². The second kappa shape index (κ2) is 7.70. The highest BCUT2D eigenvalue weighted by molar-refractivity contribution is 6.10. The molecule has 1 fully saturated rings. The molecule has 29 heavy (non-hydrogen) atoms. The van der Waals surface area contributed by atoms with Gasteiger partial charge in [0.05, 0.1) is 0 Å². The number of para-hydroxylation sites is 1. The van der Waals surface area contributed by atoms with E-state index in [1.165, 1.54) is 0 Å². The Morgan fingerprint density at radius 3 is 2.21 bits per heavy atom. The predicted molar refractivity (Wildman–Crippen MR) is 113 cm³/mol. The molecule has 0 radical (unpaired) electrons. The number of hydrogen-bond acceptors (Lipinski definition) is 3. The minimum absolute atomic E-state index is 0.335. The van der Waals surface area contributed by atoms with E-state index in [1.54, 1.807) is 6.92 Å². The lowest BCUT2D eigenvalue weighted by Gasteiger charge is -2.23. The van der Waals surface area contributed by atoms with Crippen LogP contribution in [0.3, 0.4) is 0 Å². The number of urea groups is 1. The Balaban J connectivity index is 1.77. The first-order valence-electron chi connectivity index (χ1n) is 9.74. The lowest BCUT2D eigenvalue weighted by molar-refractivity contribution is -0.133. The molecule has 2 N–H and O–H groups in total. The van der Waals surface area contributed by atoms with Gasteiger partial charge >= 0.3 is 6.03 Å². The number of anilines is 1. The summed E-state index contributed by atoms with van der Waals surface area (Å²) < 4.78 is 0. The third-order valence-electron chi connectivity index (χ3n) is 5.48. The first-order valence-corrected chi connectivity index (χ1v) is 9.74. The van der Waals surface area contributed by atoms with Gasteiger partial charge in [-0.05, 0) is 48.9 Å². The summed E-state index contributed by atoms with van der Waals surface area (Å²) in [5.41, 5.74) is 3.20. The van der Waals surface area contributed by atoms with Crippen molar-refractivity contribution in [3.63, 3.8) is 0 Å². The quantitative estimate of drug-likeness (QED) is 0.758. The summed E-state index contributed by atoms with van der Waals surface area (Å²) in [6.07, 6.45) is 0. The molecule has 1 saturated heterocycles. The Morgan fingerprint density at radius 1 is 1.07 bits per heavy atom. The number of nitrogens with zero attached hydrogens (tertiary/aromatic N) is 1. The average Bonchev–Trinajstić information content (AvgIpc) is 2.89. The summed E-state index contributed by atoms with van der Waals surface area (Å²) in [6, 6.07) is 12.8. The van der Waals surface area contributed by atoms with Gasteiger partial charge in [-0.2, -0.15) is 0 Å². The van der Waals surface area contributed by atoms with E-state index >= 15 is 0 Å². The standard InChI is InChI=1S/C23H27N3O3/c1-14(2)17-9-11-18(12-10-17)23(5)21(28)26(22(29)25-23)13-19(27)24-20-15(3)7-6-8-16(20)4/h6-12,14H,13H2,1-5H3,(H,24,27)(H,25,29)/t23-/m1/s1. The van der Waals surface area contributed by atoms with Crippen LogP contribution in [0.2, 0.25) is 0 Å². The fourth-order valence-electron chi connectivity index (χ4n) is 3.57. The Hall–Kier alpha value is -3.15. The number of aryl methyl sites for hydroxylation is 2. The van der Waals surface area contributed by atoms with Gasteiger partial charge in [-0.1, -0.05) is 56.3 Å². The number of hydrogen-bond donors (Lipinski definition) is 2. The smallest absolute Gasteiger partial charge is 0.324 e. The van der Waals surface area contributed by atoms with Gasteiger partial charge in [-0.25, -0.2) is 4.79 Å². The molecule has 0 saturated carbocycles. The molecule has 2 aromatic rings. The van der Waals surface area contributed by atoms with Crippen molar-refractivity contribution in [2.45, 2.75) is 46.1 Å². The number of carbonyl (C=O) groups is 3. The summed E-state index contributed by atoms with van der Waals surface area (Å²) in [5, 5.41) is 5.57. The van der Waals surface area contributed by atoms with Crippen LogP contribution in [0.5, 0.6) is 0 Å². The Kier molecular flexibility index (Phi) is 5.46. The summed E-state index contributed by atoms with van der Waals surface area (Å²) in [7, 11) is 0. The SMILES string of the molecule is Cc1cccc(C)c1NC(=O)CN1C(=O)N[C@](C)(c2ccc(C(C)C)cc2)C1=O. The maximum absolute atomic E-state index is 13.0. The van der Waals surface area contributed by atoms with Crippen molar-refractivity contribution < 1.29 is 14.4 Å². The molecule has 152 valence electrons. The van der Waals surface area contributed by atoms with E-state index in [0.29, 0.717) is 17.2 Å². The molecule has 6 heteroatoms. The molecule has 0 aromatic heterocycles. The molecule has 1 aliphatic rings. The lowest BCUT2D eigenvalue weighted by atomic mass is 9.90. The number of benzene rings is 2. The molecule has 0 bridgehead atoms. The van der Waals surface area contributed by atoms with Crippen LogP contribution >= 0.6 is 0 Å². The molecule has 6 nitrogen and oxygen atoms in total. The van der Waals surface area contributed by atoms with E-state index in [2.05, 4.69) is 24.5 Å². The van der Waals surface area contributed by atoms with E-state index in [0.717, 1.165) is 21.6 Å². The zero-order valence-electron chi connectivity index (χ0n) is 17.5. The molecule has 2 aromatic carbocycles. The summed E-state index contributed by atoms with van der Waals surface area (Å²) in [5.74, 6) is -0.474. The van der Waals surface area contributed by atoms with E-state index in [9.17, 15) is 14.4 Å². The molecule has 0 spiro atoms. The Bertz CT molecular complexity index is 946. The highest BCUT2D eigenvalue weighted by Crippen LogP contribution is 2.30. The van der Waals surface area contributed by atoms with Crippen molar-refractivity contribution in [1.82, 2.24) is 10.2 Å². The molecule has 1 aliphatic heterocycles. The molecule has 3 rings (SSSR count). The molecular weight excluding hydrogens is 366 g/mol. The number of carbonyl (C=O) groups excluding carboxylic acids is 3. The van der Waals surface area contributed by atoms with E-state index in [4.69, 9.17) is 0 Å². The minimum atomic E-state index is -1.19. The average molecular weight is 393 g/mol. The second-order valence-electron chi connectivity index (χ2n) is 8.04. The van der Waals surface area contributed by atoms with E-state index in [-0.39, 0.29) is 6.54 Å². The maximum atomic E-state index is 13.0. The zero-order valence-corrected chi connectivity index (χ0v) is 17.5. The molecule has 4 amide bonds. The van der Waals surface area contributed by atoms with Crippen LogP contribution in [0, 0.1) is 13.8 Å². The molecule has 1 heterocycles. The van der Waals surface area contributed by atoms with Gasteiger partial charge in [-0.15, -0.1) is 0 Å². The minimum Gasteiger partial charge on any atom is -0.324 e. The fourth-order valence-corrected chi connectivity index (χ4v) is 3.57. The van der Waals surface area contributed by atoms with Crippen molar-refractivity contribution >= 4 is 23.5 Å². The zero-order chi connectivity index (χ0) is 21.3. The van der Waals surface area contributed by atoms with Gasteiger partial charge in [-0.3, -0.25) is 14.5 Å². The molecule has 0 unspecified atom stereocenters. The van der Waals surface area contributed by atoms with Crippen molar-refractivity contribution in [3.8, 4) is 0 Å². The largest absolute Gasteiger partial charge is 0.325 e. The van der Waals surface area contributed by atoms with Gasteiger partial charge in [0, 0.05) is 5.69 Å². The van der Waals surface area contributed by atoms with Crippen LogP contribution in [0.15, 0.2) is 42.5 Å². The first kappa shape index (κ1) is 20.6. The number of amides is 4. The summed E-state index contributed by atoms with van der Waals surface area (Å²) >= 11 is 0. The first-order chi connectivity index (χ1) is 13.6. The van der Waals surface area contributed by atoms with E-state index < -0.39 is 23.4 Å². The van der Waals surface area contributed by atoms with Crippen molar-refractivity contribution in [2.75, 3.05) is 11.9 Å². The van der Waals surface area contributed by atoms with Crippen molar-refractivity contribution in [1.29, 1.82) is 0 Å². The topological polar surface area (TPSA) is 78.5 Å². The van der Waals surface area contributed by atoms with Crippen LogP contribution in [0.25, 0.3) is 0 Å². The summed E-state index contributed by atoms with van der Waals surface area (Å²) in [4.78, 5) is 39.0. The predicted octanol–water partition coefficient (Wildman–Crippen LogP) is 3.83. The highest BCUT2D eigenvalue weighted by Gasteiger charge is 2.49. The van der Waals surface area contributed by atoms with Gasteiger partial charge in [0.25, 0.3) is 5.91 Å². The normalized spacial score (nSPS) is 18.9. The van der Waals surface area contributed by atoms with Gasteiger partial charge < -0.3 is 10.6 Å². The Labute approximate surface area is 171 Å². The van der Waals surface area contributed by atoms with Crippen molar-refractivity contribution in [2.24, 2.45) is 0 Å². The monoisotopic (exact) mass is 393 g/mol. The van der Waals surface area contributed by atoms with Crippen LogP contribution in [-0.4, -0.2) is 29.3 Å². The van der Waals surface area contributed by atoms with Crippen LogP contribution in [0.4, 0.5) is 10.5 Å². The van der Waals surface area contributed by atoms with E-state index in [1.807, 2.05) is 56.3 Å². The third kappa shape index (κ3) is 3.88. The van der Waals surface area contributed by atoms with Gasteiger partial charge in [0.2, 0.25) is 5.91 Å². The van der Waals surface area contributed by atoms with Crippen LogP contribution in [0.1, 0.15) is 48.9 Å². The van der Waals surface area contributed by atoms with Gasteiger partial charge in [0.1, 0.15) is 12.1 Å². The molecule has 1 atom stereocenters.